The van der Waals surface area contributed by atoms with Gasteiger partial charge in [-0.2, -0.15) is 5.10 Å². The van der Waals surface area contributed by atoms with Gasteiger partial charge in [-0.1, -0.05) is 22.0 Å². The molecular weight excluding hydrogens is 374 g/mol. The monoisotopic (exact) mass is 383 g/mol. The zero-order valence-electron chi connectivity index (χ0n) is 10.1. The van der Waals surface area contributed by atoms with E-state index in [0.717, 1.165) is 4.47 Å². The molecule has 0 amide bonds. The van der Waals surface area contributed by atoms with Crippen molar-refractivity contribution in [2.24, 2.45) is 5.10 Å². The minimum absolute atomic E-state index is 0.160. The number of hydrogen-bond acceptors (Lipinski definition) is 4. The highest BCUT2D eigenvalue weighted by atomic mass is 79.9. The van der Waals surface area contributed by atoms with Crippen molar-refractivity contribution in [2.75, 3.05) is 5.43 Å². The van der Waals surface area contributed by atoms with E-state index < -0.39 is 0 Å². The quantitative estimate of drug-likeness (QED) is 0.617. The summed E-state index contributed by atoms with van der Waals surface area (Å²) < 4.78 is 1.48. The molecule has 6 heteroatoms. The van der Waals surface area contributed by atoms with Gasteiger partial charge in [0.2, 0.25) is 0 Å². The van der Waals surface area contributed by atoms with Gasteiger partial charge in [-0.15, -0.1) is 0 Å². The van der Waals surface area contributed by atoms with Crippen molar-refractivity contribution < 1.29 is 5.11 Å². The molecule has 1 aromatic carbocycles. The zero-order chi connectivity index (χ0) is 13.8. The molecular formula is C13H11Br2N3O. The van der Waals surface area contributed by atoms with Gasteiger partial charge in [-0.05, 0) is 47.1 Å². The van der Waals surface area contributed by atoms with Crippen LogP contribution in [0.1, 0.15) is 12.5 Å². The van der Waals surface area contributed by atoms with E-state index in [9.17, 15) is 5.11 Å². The number of phenolic OH excluding ortho intramolecular Hbond substituents is 1. The number of aromatic nitrogens is 1. The van der Waals surface area contributed by atoms with Crippen molar-refractivity contribution in [1.29, 1.82) is 0 Å². The van der Waals surface area contributed by atoms with E-state index in [0.29, 0.717) is 21.6 Å². The highest BCUT2D eigenvalue weighted by molar-refractivity contribution is 9.11. The molecule has 0 unspecified atom stereocenters. The van der Waals surface area contributed by atoms with Crippen LogP contribution in [0, 0.1) is 0 Å². The predicted molar refractivity (Wildman–Crippen MR) is 83.6 cm³/mol. The van der Waals surface area contributed by atoms with Gasteiger partial charge in [-0.3, -0.25) is 5.43 Å². The first kappa shape index (κ1) is 14.0. The lowest BCUT2D eigenvalue weighted by Gasteiger charge is -2.07. The van der Waals surface area contributed by atoms with Crippen molar-refractivity contribution in [1.82, 2.24) is 4.98 Å². The fourth-order valence-corrected chi connectivity index (χ4v) is 2.70. The molecule has 1 heterocycles. The molecule has 2 aromatic rings. The van der Waals surface area contributed by atoms with Crippen LogP contribution >= 0.6 is 31.9 Å². The van der Waals surface area contributed by atoms with Gasteiger partial charge < -0.3 is 5.11 Å². The molecule has 2 N–H and O–H groups in total. The maximum absolute atomic E-state index is 10.00. The molecule has 0 aliphatic heterocycles. The summed E-state index contributed by atoms with van der Waals surface area (Å²) in [6, 6.07) is 9.09. The number of nitrogens with one attached hydrogen (secondary N) is 1. The van der Waals surface area contributed by atoms with Crippen LogP contribution < -0.4 is 5.43 Å². The van der Waals surface area contributed by atoms with E-state index in [1.54, 1.807) is 18.3 Å². The SMILES string of the molecule is C/C(=N\Nc1ccccn1)c1cc(Br)cc(Br)c1O. The Hall–Kier alpha value is -1.40. The van der Waals surface area contributed by atoms with Gasteiger partial charge >= 0.3 is 0 Å². The Balaban J connectivity index is 2.27. The molecule has 1 aromatic heterocycles. The lowest BCUT2D eigenvalue weighted by atomic mass is 10.1. The molecule has 0 saturated carbocycles. The minimum Gasteiger partial charge on any atom is -0.506 e. The van der Waals surface area contributed by atoms with Crippen LogP contribution in [-0.4, -0.2) is 15.8 Å². The Morgan fingerprint density at radius 2 is 2.11 bits per heavy atom. The summed E-state index contributed by atoms with van der Waals surface area (Å²) in [5, 5.41) is 14.2. The molecule has 0 fully saturated rings. The van der Waals surface area contributed by atoms with Crippen LogP contribution in [0.4, 0.5) is 5.82 Å². The summed E-state index contributed by atoms with van der Waals surface area (Å²) in [6.07, 6.45) is 1.68. The van der Waals surface area contributed by atoms with Gasteiger partial charge in [0.1, 0.15) is 11.6 Å². The van der Waals surface area contributed by atoms with Gasteiger partial charge in [-0.25, -0.2) is 4.98 Å². The van der Waals surface area contributed by atoms with Gasteiger partial charge in [0.05, 0.1) is 10.2 Å². The predicted octanol–water partition coefficient (Wildman–Crippen LogP) is 4.15. The van der Waals surface area contributed by atoms with Gasteiger partial charge in [0.15, 0.2) is 0 Å². The summed E-state index contributed by atoms with van der Waals surface area (Å²) in [7, 11) is 0. The summed E-state index contributed by atoms with van der Waals surface area (Å²) in [4.78, 5) is 4.10. The smallest absolute Gasteiger partial charge is 0.146 e. The maximum atomic E-state index is 10.00. The number of benzene rings is 1. The van der Waals surface area contributed by atoms with E-state index in [-0.39, 0.29) is 5.75 Å². The molecule has 0 saturated heterocycles. The zero-order valence-corrected chi connectivity index (χ0v) is 13.2. The van der Waals surface area contributed by atoms with Crippen molar-refractivity contribution in [3.8, 4) is 5.75 Å². The Labute approximate surface area is 127 Å². The van der Waals surface area contributed by atoms with Crippen molar-refractivity contribution in [2.45, 2.75) is 6.92 Å². The van der Waals surface area contributed by atoms with Crippen LogP contribution in [-0.2, 0) is 0 Å². The third kappa shape index (κ3) is 3.54. The second-order valence-corrected chi connectivity index (χ2v) is 5.58. The molecule has 98 valence electrons. The number of phenols is 1. The molecule has 2 rings (SSSR count). The minimum atomic E-state index is 0.160. The number of halogens is 2. The van der Waals surface area contributed by atoms with Crippen LogP contribution in [0.2, 0.25) is 0 Å². The van der Waals surface area contributed by atoms with E-state index in [1.807, 2.05) is 25.1 Å². The summed E-state index contributed by atoms with van der Waals surface area (Å²) >= 11 is 6.68. The third-order valence-corrected chi connectivity index (χ3v) is 3.48. The average Bonchev–Trinajstić information content (AvgIpc) is 2.41. The molecule has 4 nitrogen and oxygen atoms in total. The third-order valence-electron chi connectivity index (χ3n) is 2.42. The van der Waals surface area contributed by atoms with Crippen LogP contribution in [0.15, 0.2) is 50.6 Å². The van der Waals surface area contributed by atoms with E-state index >= 15 is 0 Å². The maximum Gasteiger partial charge on any atom is 0.146 e. The topological polar surface area (TPSA) is 57.5 Å². The Morgan fingerprint density at radius 3 is 2.79 bits per heavy atom. The fraction of sp³-hybridized carbons (Fsp3) is 0.0769. The lowest BCUT2D eigenvalue weighted by Crippen LogP contribution is -2.01. The first-order chi connectivity index (χ1) is 9.08. The largest absolute Gasteiger partial charge is 0.506 e. The number of aromatic hydroxyl groups is 1. The highest BCUT2D eigenvalue weighted by Gasteiger charge is 2.10. The fourth-order valence-electron chi connectivity index (χ4n) is 1.47. The summed E-state index contributed by atoms with van der Waals surface area (Å²) in [5.41, 5.74) is 4.14. The van der Waals surface area contributed by atoms with Crippen molar-refractivity contribution in [3.63, 3.8) is 0 Å². The van der Waals surface area contributed by atoms with Crippen LogP contribution in [0.5, 0.6) is 5.75 Å². The van der Waals surface area contributed by atoms with Crippen molar-refractivity contribution in [3.05, 3.63) is 51.0 Å². The molecule has 19 heavy (non-hydrogen) atoms. The molecule has 0 spiro atoms. The van der Waals surface area contributed by atoms with E-state index in [2.05, 4.69) is 47.4 Å². The molecule has 0 atom stereocenters. The number of anilines is 1. The standard InChI is InChI=1S/C13H11Br2N3O/c1-8(17-18-12-4-2-3-5-16-12)10-6-9(14)7-11(15)13(10)19/h2-7,19H,1H3,(H,16,18)/b17-8+. The lowest BCUT2D eigenvalue weighted by molar-refractivity contribution is 0.470. The van der Waals surface area contributed by atoms with Gasteiger partial charge in [0.25, 0.3) is 0 Å². The van der Waals surface area contributed by atoms with E-state index in [4.69, 9.17) is 0 Å². The Kier molecular flexibility index (Phi) is 4.55. The first-order valence-corrected chi connectivity index (χ1v) is 7.06. The first-order valence-electron chi connectivity index (χ1n) is 5.47. The van der Waals surface area contributed by atoms with E-state index in [1.165, 1.54) is 0 Å². The molecule has 0 aliphatic carbocycles. The van der Waals surface area contributed by atoms with Gasteiger partial charge in [0, 0.05) is 16.2 Å². The second kappa shape index (κ2) is 6.16. The number of hydrazone groups is 1. The van der Waals surface area contributed by atoms with Crippen molar-refractivity contribution >= 4 is 43.4 Å². The second-order valence-electron chi connectivity index (χ2n) is 3.81. The molecule has 0 bridgehead atoms. The van der Waals surface area contributed by atoms with Crippen LogP contribution in [0.3, 0.4) is 0 Å². The molecule has 0 aliphatic rings. The number of rotatable bonds is 3. The summed E-state index contributed by atoms with van der Waals surface area (Å²) in [5.74, 6) is 0.808. The Bertz CT molecular complexity index is 615. The number of nitrogens with zero attached hydrogens (tertiary/aromatic N) is 2. The van der Waals surface area contributed by atoms with Crippen LogP contribution in [0.25, 0.3) is 0 Å². The number of pyridine rings is 1. The molecule has 0 radical (unpaired) electrons. The highest BCUT2D eigenvalue weighted by Crippen LogP contribution is 2.32. The summed E-state index contributed by atoms with van der Waals surface area (Å²) in [6.45, 7) is 1.81. The average molecular weight is 385 g/mol. The Morgan fingerprint density at radius 1 is 1.32 bits per heavy atom. The number of hydrogen-bond donors (Lipinski definition) is 2. The normalized spacial score (nSPS) is 11.4.